The average molecular weight is 377 g/mol. The van der Waals surface area contributed by atoms with Crippen molar-refractivity contribution in [3.63, 3.8) is 0 Å². The molecule has 3 rings (SSSR count). The van der Waals surface area contributed by atoms with E-state index >= 15 is 0 Å². The lowest BCUT2D eigenvalue weighted by atomic mass is 9.89. The number of ether oxygens (including phenoxy) is 1. The monoisotopic (exact) mass is 376 g/mol. The molecule has 4 nitrogen and oxygen atoms in total. The second-order valence-corrected chi connectivity index (χ2v) is 6.40. The normalized spacial score (nSPS) is 20.0. The van der Waals surface area contributed by atoms with Gasteiger partial charge in [0.2, 0.25) is 0 Å². The molecular weight excluding hydrogens is 347 g/mol. The number of para-hydroxylation sites is 1. The zero-order chi connectivity index (χ0) is 15.4. The zero-order valence-electron chi connectivity index (χ0n) is 14.4. The maximum Gasteiger partial charge on any atom is 0.162 e. The highest BCUT2D eigenvalue weighted by molar-refractivity contribution is 5.85. The molecule has 2 aliphatic rings. The van der Waals surface area contributed by atoms with Crippen LogP contribution in [0.5, 0.6) is 11.5 Å². The summed E-state index contributed by atoms with van der Waals surface area (Å²) in [6.07, 6.45) is 5.18. The van der Waals surface area contributed by atoms with Crippen molar-refractivity contribution in [1.82, 2.24) is 10.2 Å². The van der Waals surface area contributed by atoms with Crippen molar-refractivity contribution in [2.45, 2.75) is 38.6 Å². The number of rotatable bonds is 5. The second-order valence-electron chi connectivity index (χ2n) is 6.40. The number of nitrogens with one attached hydrogen (secondary N) is 1. The van der Waals surface area contributed by atoms with Crippen LogP contribution in [0.1, 0.15) is 44.2 Å². The van der Waals surface area contributed by atoms with Gasteiger partial charge in [-0.3, -0.25) is 4.90 Å². The fraction of sp³-hybridized carbons (Fsp3) is 0.667. The Balaban J connectivity index is 0.00000144. The Hall–Kier alpha value is -0.680. The predicted molar refractivity (Wildman–Crippen MR) is 103 cm³/mol. The SMILES string of the molecule is CCOc1cccc([C@@H](C2CCCC2)N2CCNCC2)c1O.Cl.Cl. The summed E-state index contributed by atoms with van der Waals surface area (Å²) in [5, 5.41) is 14.1. The molecule has 1 aliphatic carbocycles. The Morgan fingerprint density at radius 1 is 1.21 bits per heavy atom. The molecule has 1 aromatic rings. The third-order valence-corrected chi connectivity index (χ3v) is 5.04. The molecule has 1 aliphatic heterocycles. The van der Waals surface area contributed by atoms with E-state index < -0.39 is 0 Å². The smallest absolute Gasteiger partial charge is 0.162 e. The number of benzene rings is 1. The van der Waals surface area contributed by atoms with E-state index in [0.717, 1.165) is 31.7 Å². The summed E-state index contributed by atoms with van der Waals surface area (Å²) in [6.45, 7) is 6.72. The van der Waals surface area contributed by atoms with Crippen molar-refractivity contribution in [3.8, 4) is 11.5 Å². The molecule has 0 spiro atoms. The molecule has 1 heterocycles. The van der Waals surface area contributed by atoms with Crippen LogP contribution < -0.4 is 10.1 Å². The third-order valence-electron chi connectivity index (χ3n) is 5.04. The van der Waals surface area contributed by atoms with E-state index in [1.54, 1.807) is 0 Å². The molecule has 2 fully saturated rings. The molecule has 1 atom stereocenters. The quantitative estimate of drug-likeness (QED) is 0.820. The molecule has 138 valence electrons. The number of nitrogens with zero attached hydrogens (tertiary/aromatic N) is 1. The van der Waals surface area contributed by atoms with Crippen LogP contribution in [0.2, 0.25) is 0 Å². The highest BCUT2D eigenvalue weighted by Crippen LogP contribution is 2.44. The van der Waals surface area contributed by atoms with Crippen LogP contribution in [0, 0.1) is 5.92 Å². The molecule has 0 radical (unpaired) electrons. The van der Waals surface area contributed by atoms with Crippen LogP contribution in [-0.4, -0.2) is 42.8 Å². The van der Waals surface area contributed by atoms with Crippen LogP contribution in [0.15, 0.2) is 18.2 Å². The van der Waals surface area contributed by atoms with Gasteiger partial charge in [0, 0.05) is 37.8 Å². The first-order valence-electron chi connectivity index (χ1n) is 8.70. The van der Waals surface area contributed by atoms with Gasteiger partial charge in [-0.1, -0.05) is 25.0 Å². The summed E-state index contributed by atoms with van der Waals surface area (Å²) in [6, 6.07) is 6.30. The van der Waals surface area contributed by atoms with Gasteiger partial charge in [0.15, 0.2) is 11.5 Å². The molecule has 0 amide bonds. The van der Waals surface area contributed by atoms with Crippen molar-refractivity contribution in [1.29, 1.82) is 0 Å². The van der Waals surface area contributed by atoms with Crippen LogP contribution in [0.4, 0.5) is 0 Å². The summed E-state index contributed by atoms with van der Waals surface area (Å²) < 4.78 is 5.60. The maximum absolute atomic E-state index is 10.7. The van der Waals surface area contributed by atoms with Gasteiger partial charge >= 0.3 is 0 Å². The van der Waals surface area contributed by atoms with Gasteiger partial charge in [0.25, 0.3) is 0 Å². The molecule has 2 N–H and O–H groups in total. The Bertz CT molecular complexity index is 490. The molecule has 1 saturated carbocycles. The minimum atomic E-state index is 0. The van der Waals surface area contributed by atoms with Gasteiger partial charge in [-0.05, 0) is 31.7 Å². The second kappa shape index (κ2) is 10.3. The van der Waals surface area contributed by atoms with Gasteiger partial charge in [0.1, 0.15) is 0 Å². The maximum atomic E-state index is 10.7. The average Bonchev–Trinajstić information content (AvgIpc) is 3.06. The molecule has 0 unspecified atom stereocenters. The Labute approximate surface area is 157 Å². The van der Waals surface area contributed by atoms with Crippen LogP contribution in [0.3, 0.4) is 0 Å². The lowest BCUT2D eigenvalue weighted by molar-refractivity contribution is 0.123. The van der Waals surface area contributed by atoms with E-state index in [9.17, 15) is 5.11 Å². The van der Waals surface area contributed by atoms with Gasteiger partial charge < -0.3 is 15.2 Å². The Morgan fingerprint density at radius 2 is 1.88 bits per heavy atom. The van der Waals surface area contributed by atoms with Crippen molar-refractivity contribution >= 4 is 24.8 Å². The summed E-state index contributed by atoms with van der Waals surface area (Å²) >= 11 is 0. The lowest BCUT2D eigenvalue weighted by Gasteiger charge is -2.39. The molecular formula is C18H30Cl2N2O2. The molecule has 6 heteroatoms. The number of hydrogen-bond donors (Lipinski definition) is 2. The van der Waals surface area contributed by atoms with E-state index in [0.29, 0.717) is 30.1 Å². The number of phenols is 1. The number of phenolic OH excluding ortho intramolecular Hbond substituents is 1. The number of halogens is 2. The highest BCUT2D eigenvalue weighted by atomic mass is 35.5. The van der Waals surface area contributed by atoms with E-state index in [1.807, 2.05) is 19.1 Å². The third kappa shape index (κ3) is 4.69. The number of aromatic hydroxyl groups is 1. The molecule has 0 aromatic heterocycles. The Kier molecular flexibility index (Phi) is 9.21. The lowest BCUT2D eigenvalue weighted by Crippen LogP contribution is -2.46. The first kappa shape index (κ1) is 21.4. The van der Waals surface area contributed by atoms with Gasteiger partial charge in [0.05, 0.1) is 6.61 Å². The summed E-state index contributed by atoms with van der Waals surface area (Å²) in [4.78, 5) is 2.55. The van der Waals surface area contributed by atoms with E-state index in [1.165, 1.54) is 25.7 Å². The first-order chi connectivity index (χ1) is 10.8. The zero-order valence-corrected chi connectivity index (χ0v) is 16.0. The summed E-state index contributed by atoms with van der Waals surface area (Å²) in [7, 11) is 0. The van der Waals surface area contributed by atoms with Gasteiger partial charge in [-0.2, -0.15) is 0 Å². The molecule has 24 heavy (non-hydrogen) atoms. The van der Waals surface area contributed by atoms with Crippen molar-refractivity contribution in [2.75, 3.05) is 32.8 Å². The molecule has 0 bridgehead atoms. The fourth-order valence-corrected chi connectivity index (χ4v) is 4.03. The summed E-state index contributed by atoms with van der Waals surface area (Å²) in [5.41, 5.74) is 1.06. The van der Waals surface area contributed by atoms with Crippen molar-refractivity contribution < 1.29 is 9.84 Å². The highest BCUT2D eigenvalue weighted by Gasteiger charge is 2.34. The molecule has 1 aromatic carbocycles. The standard InChI is InChI=1S/C18H28N2O2.2ClH/c1-2-22-16-9-5-8-15(18(16)21)17(14-6-3-4-7-14)20-12-10-19-11-13-20;;/h5,8-9,14,17,19,21H,2-4,6-7,10-13H2,1H3;2*1H/t17-;;/m1../s1. The minimum Gasteiger partial charge on any atom is -0.504 e. The van der Waals surface area contributed by atoms with Gasteiger partial charge in [-0.15, -0.1) is 24.8 Å². The topological polar surface area (TPSA) is 44.7 Å². The fourth-order valence-electron chi connectivity index (χ4n) is 4.03. The predicted octanol–water partition coefficient (Wildman–Crippen LogP) is 3.77. The number of piperazine rings is 1. The van der Waals surface area contributed by atoms with Crippen molar-refractivity contribution in [2.24, 2.45) is 5.92 Å². The van der Waals surface area contributed by atoms with E-state index in [2.05, 4.69) is 16.3 Å². The van der Waals surface area contributed by atoms with Crippen LogP contribution in [0.25, 0.3) is 0 Å². The van der Waals surface area contributed by atoms with Crippen molar-refractivity contribution in [3.05, 3.63) is 23.8 Å². The largest absolute Gasteiger partial charge is 0.504 e. The number of hydrogen-bond acceptors (Lipinski definition) is 4. The minimum absolute atomic E-state index is 0. The molecule has 1 saturated heterocycles. The van der Waals surface area contributed by atoms with E-state index in [-0.39, 0.29) is 24.8 Å². The van der Waals surface area contributed by atoms with Gasteiger partial charge in [-0.25, -0.2) is 0 Å². The summed E-state index contributed by atoms with van der Waals surface area (Å²) in [5.74, 6) is 1.62. The van der Waals surface area contributed by atoms with E-state index in [4.69, 9.17) is 4.74 Å². The van der Waals surface area contributed by atoms with Crippen LogP contribution >= 0.6 is 24.8 Å². The Morgan fingerprint density at radius 3 is 2.50 bits per heavy atom. The van der Waals surface area contributed by atoms with Crippen LogP contribution in [-0.2, 0) is 0 Å². The first-order valence-corrected chi connectivity index (χ1v) is 8.70.